The number of hydrogen-bond acceptors (Lipinski definition) is 2. The molecule has 2 fully saturated rings. The zero-order chi connectivity index (χ0) is 12.3. The number of carbonyl (C=O) groups excluding carboxylic acids is 1. The topological polar surface area (TPSA) is 29.5 Å². The number of likely N-dealkylation sites (tertiary alicyclic amines) is 1. The lowest BCUT2D eigenvalue weighted by atomic mass is 9.73. The summed E-state index contributed by atoms with van der Waals surface area (Å²) in [5, 5.41) is 0. The van der Waals surface area contributed by atoms with Gasteiger partial charge in [0.2, 0.25) is 5.91 Å². The first-order valence-corrected chi connectivity index (χ1v) is 7.01. The molecule has 1 aliphatic carbocycles. The summed E-state index contributed by atoms with van der Waals surface area (Å²) in [4.78, 5) is 14.0. The SMILES string of the molecule is CC(C)OCC(=O)N1CCC2(CCCCC2)C1. The summed E-state index contributed by atoms with van der Waals surface area (Å²) in [7, 11) is 0. The van der Waals surface area contributed by atoms with Gasteiger partial charge in [0.1, 0.15) is 6.61 Å². The Morgan fingerprint density at radius 2 is 1.94 bits per heavy atom. The van der Waals surface area contributed by atoms with Crippen molar-refractivity contribution >= 4 is 5.91 Å². The highest BCUT2D eigenvalue weighted by atomic mass is 16.5. The van der Waals surface area contributed by atoms with E-state index in [0.717, 1.165) is 13.1 Å². The normalized spacial score (nSPS) is 23.6. The molecule has 1 saturated carbocycles. The monoisotopic (exact) mass is 239 g/mol. The second-order valence-electron chi connectivity index (χ2n) is 5.99. The number of rotatable bonds is 3. The lowest BCUT2D eigenvalue weighted by Gasteiger charge is -2.33. The molecule has 0 atom stereocenters. The molecular formula is C14H25NO2. The van der Waals surface area contributed by atoms with Crippen LogP contribution in [0.2, 0.25) is 0 Å². The molecule has 3 nitrogen and oxygen atoms in total. The Hall–Kier alpha value is -0.570. The fourth-order valence-corrected chi connectivity index (χ4v) is 3.19. The van der Waals surface area contributed by atoms with Crippen LogP contribution in [-0.4, -0.2) is 36.6 Å². The number of amides is 1. The van der Waals surface area contributed by atoms with Crippen molar-refractivity contribution in [3.63, 3.8) is 0 Å². The summed E-state index contributed by atoms with van der Waals surface area (Å²) in [6, 6.07) is 0. The minimum Gasteiger partial charge on any atom is -0.369 e. The summed E-state index contributed by atoms with van der Waals surface area (Å²) in [6.07, 6.45) is 8.08. The first-order valence-electron chi connectivity index (χ1n) is 7.01. The van der Waals surface area contributed by atoms with Crippen LogP contribution in [0.5, 0.6) is 0 Å². The van der Waals surface area contributed by atoms with Crippen molar-refractivity contribution < 1.29 is 9.53 Å². The Morgan fingerprint density at radius 3 is 2.59 bits per heavy atom. The first-order chi connectivity index (χ1) is 8.11. The number of nitrogens with zero attached hydrogens (tertiary/aromatic N) is 1. The molecule has 0 bridgehead atoms. The summed E-state index contributed by atoms with van der Waals surface area (Å²) in [5.41, 5.74) is 0.464. The molecule has 0 aromatic heterocycles. The molecule has 0 N–H and O–H groups in total. The van der Waals surface area contributed by atoms with E-state index in [4.69, 9.17) is 4.74 Å². The first kappa shape index (κ1) is 12.9. The van der Waals surface area contributed by atoms with Crippen LogP contribution in [0.1, 0.15) is 52.4 Å². The molecule has 98 valence electrons. The summed E-state index contributed by atoms with van der Waals surface area (Å²) >= 11 is 0. The van der Waals surface area contributed by atoms with Gasteiger partial charge >= 0.3 is 0 Å². The summed E-state index contributed by atoms with van der Waals surface area (Å²) in [6.45, 7) is 6.13. The van der Waals surface area contributed by atoms with Crippen molar-refractivity contribution in [1.82, 2.24) is 4.90 Å². The minimum absolute atomic E-state index is 0.144. The van der Waals surface area contributed by atoms with Gasteiger partial charge in [-0.15, -0.1) is 0 Å². The van der Waals surface area contributed by atoms with Crippen molar-refractivity contribution in [3.05, 3.63) is 0 Å². The van der Waals surface area contributed by atoms with Crippen molar-refractivity contribution in [3.8, 4) is 0 Å². The molecule has 1 aliphatic heterocycles. The summed E-state index contributed by atoms with van der Waals surface area (Å²) < 4.78 is 5.40. The third-order valence-corrected chi connectivity index (χ3v) is 4.25. The van der Waals surface area contributed by atoms with Crippen LogP contribution in [0.25, 0.3) is 0 Å². The minimum atomic E-state index is 0.144. The fourth-order valence-electron chi connectivity index (χ4n) is 3.19. The van der Waals surface area contributed by atoms with Crippen molar-refractivity contribution in [1.29, 1.82) is 0 Å². The second-order valence-corrected chi connectivity index (χ2v) is 5.99. The molecule has 1 saturated heterocycles. The molecule has 0 radical (unpaired) electrons. The molecule has 17 heavy (non-hydrogen) atoms. The second kappa shape index (κ2) is 5.38. The van der Waals surface area contributed by atoms with Crippen molar-refractivity contribution in [2.75, 3.05) is 19.7 Å². The third kappa shape index (κ3) is 3.21. The van der Waals surface area contributed by atoms with Crippen LogP contribution in [0.3, 0.4) is 0 Å². The van der Waals surface area contributed by atoms with Crippen LogP contribution >= 0.6 is 0 Å². The standard InChI is InChI=1S/C14H25NO2/c1-12(2)17-10-13(16)15-9-8-14(11-15)6-4-3-5-7-14/h12H,3-11H2,1-2H3. The van der Waals surface area contributed by atoms with Gasteiger partial charge in [-0.2, -0.15) is 0 Å². The molecule has 0 aromatic carbocycles. The smallest absolute Gasteiger partial charge is 0.248 e. The summed E-state index contributed by atoms with van der Waals surface area (Å²) in [5.74, 6) is 0.182. The van der Waals surface area contributed by atoms with Crippen molar-refractivity contribution in [2.24, 2.45) is 5.41 Å². The van der Waals surface area contributed by atoms with E-state index < -0.39 is 0 Å². The molecule has 3 heteroatoms. The Bertz CT molecular complexity index is 269. The van der Waals surface area contributed by atoms with Gasteiger partial charge in [0.15, 0.2) is 0 Å². The van der Waals surface area contributed by atoms with Crippen LogP contribution < -0.4 is 0 Å². The molecule has 1 spiro atoms. The van der Waals surface area contributed by atoms with Crippen LogP contribution in [-0.2, 0) is 9.53 Å². The van der Waals surface area contributed by atoms with Crippen LogP contribution in [0.15, 0.2) is 0 Å². The van der Waals surface area contributed by atoms with E-state index in [0.29, 0.717) is 5.41 Å². The molecule has 2 aliphatic rings. The maximum atomic E-state index is 12.0. The van der Waals surface area contributed by atoms with E-state index in [1.807, 2.05) is 18.7 Å². The highest BCUT2D eigenvalue weighted by Crippen LogP contribution is 2.43. The van der Waals surface area contributed by atoms with Gasteiger partial charge in [0, 0.05) is 13.1 Å². The van der Waals surface area contributed by atoms with Gasteiger partial charge in [0.05, 0.1) is 6.10 Å². The molecule has 0 unspecified atom stereocenters. The van der Waals surface area contributed by atoms with Crippen LogP contribution in [0.4, 0.5) is 0 Å². The predicted molar refractivity (Wildman–Crippen MR) is 67.8 cm³/mol. The Balaban J connectivity index is 1.82. The van der Waals surface area contributed by atoms with Gasteiger partial charge in [-0.1, -0.05) is 19.3 Å². The van der Waals surface area contributed by atoms with Gasteiger partial charge in [-0.3, -0.25) is 4.79 Å². The van der Waals surface area contributed by atoms with Gasteiger partial charge in [0.25, 0.3) is 0 Å². The highest BCUT2D eigenvalue weighted by Gasteiger charge is 2.40. The quantitative estimate of drug-likeness (QED) is 0.757. The zero-order valence-corrected chi connectivity index (χ0v) is 11.2. The highest BCUT2D eigenvalue weighted by molar-refractivity contribution is 5.77. The lowest BCUT2D eigenvalue weighted by molar-refractivity contribution is -0.137. The zero-order valence-electron chi connectivity index (χ0n) is 11.2. The Kier molecular flexibility index (Phi) is 4.08. The molecule has 2 rings (SSSR count). The van der Waals surface area contributed by atoms with E-state index in [1.165, 1.54) is 38.5 Å². The van der Waals surface area contributed by atoms with E-state index in [9.17, 15) is 4.79 Å². The molecule has 0 aromatic rings. The van der Waals surface area contributed by atoms with Gasteiger partial charge in [-0.05, 0) is 38.5 Å². The lowest BCUT2D eigenvalue weighted by Crippen LogP contribution is -2.35. The fraction of sp³-hybridized carbons (Fsp3) is 0.929. The maximum Gasteiger partial charge on any atom is 0.248 e. The van der Waals surface area contributed by atoms with Gasteiger partial charge in [-0.25, -0.2) is 0 Å². The van der Waals surface area contributed by atoms with Crippen LogP contribution in [0, 0.1) is 5.41 Å². The predicted octanol–water partition coefficient (Wildman–Crippen LogP) is 2.59. The molecule has 1 amide bonds. The van der Waals surface area contributed by atoms with E-state index in [2.05, 4.69) is 0 Å². The molecular weight excluding hydrogens is 214 g/mol. The van der Waals surface area contributed by atoms with E-state index >= 15 is 0 Å². The average Bonchev–Trinajstić information content (AvgIpc) is 2.71. The number of ether oxygens (including phenoxy) is 1. The largest absolute Gasteiger partial charge is 0.369 e. The van der Waals surface area contributed by atoms with Gasteiger partial charge < -0.3 is 9.64 Å². The van der Waals surface area contributed by atoms with Crippen molar-refractivity contribution in [2.45, 2.75) is 58.5 Å². The Labute approximate surface area is 105 Å². The van der Waals surface area contributed by atoms with E-state index in [-0.39, 0.29) is 18.6 Å². The molecule has 1 heterocycles. The number of hydrogen-bond donors (Lipinski definition) is 0. The van der Waals surface area contributed by atoms with E-state index in [1.54, 1.807) is 0 Å². The Morgan fingerprint density at radius 1 is 1.24 bits per heavy atom. The maximum absolute atomic E-state index is 12.0. The number of carbonyl (C=O) groups is 1. The average molecular weight is 239 g/mol. The third-order valence-electron chi connectivity index (χ3n) is 4.25.